The lowest BCUT2D eigenvalue weighted by Crippen LogP contribution is -2.43. The summed E-state index contributed by atoms with van der Waals surface area (Å²) in [4.78, 5) is 11.6. The minimum atomic E-state index is -0.737. The van der Waals surface area contributed by atoms with Crippen LogP contribution in [-0.4, -0.2) is 35.7 Å². The Kier molecular flexibility index (Phi) is 5.22. The first-order valence-electron chi connectivity index (χ1n) is 6.32. The highest BCUT2D eigenvalue weighted by atomic mass is 16.3. The van der Waals surface area contributed by atoms with Crippen LogP contribution in [0.1, 0.15) is 46.0 Å². The van der Waals surface area contributed by atoms with Crippen molar-refractivity contribution in [2.24, 2.45) is 0 Å². The van der Waals surface area contributed by atoms with Gasteiger partial charge in [-0.2, -0.15) is 0 Å². The zero-order valence-electron chi connectivity index (χ0n) is 10.4. The molecule has 4 nitrogen and oxygen atoms in total. The van der Waals surface area contributed by atoms with Gasteiger partial charge in [-0.15, -0.1) is 0 Å². The molecule has 0 aromatic carbocycles. The van der Waals surface area contributed by atoms with Gasteiger partial charge in [0.2, 0.25) is 5.91 Å². The van der Waals surface area contributed by atoms with Crippen LogP contribution in [0.2, 0.25) is 0 Å². The van der Waals surface area contributed by atoms with E-state index in [0.29, 0.717) is 31.8 Å². The number of nitrogens with one attached hydrogen (secondary N) is 2. The molecule has 1 fully saturated rings. The van der Waals surface area contributed by atoms with Crippen molar-refractivity contribution in [2.75, 3.05) is 13.1 Å². The van der Waals surface area contributed by atoms with Crippen LogP contribution in [0.3, 0.4) is 0 Å². The third-order valence-electron chi connectivity index (χ3n) is 3.53. The Balaban J connectivity index is 2.23. The second kappa shape index (κ2) is 6.21. The third-order valence-corrected chi connectivity index (χ3v) is 3.53. The molecule has 0 spiro atoms. The number of hydrogen-bond acceptors (Lipinski definition) is 3. The molecule has 1 unspecified atom stereocenters. The summed E-state index contributed by atoms with van der Waals surface area (Å²) >= 11 is 0. The summed E-state index contributed by atoms with van der Waals surface area (Å²) in [7, 11) is 0. The predicted octanol–water partition coefficient (Wildman–Crippen LogP) is 0.796. The van der Waals surface area contributed by atoms with E-state index in [0.717, 1.165) is 19.4 Å². The van der Waals surface area contributed by atoms with Gasteiger partial charge in [-0.25, -0.2) is 0 Å². The summed E-state index contributed by atoms with van der Waals surface area (Å²) in [6, 6.07) is 0.330. The zero-order valence-corrected chi connectivity index (χ0v) is 10.4. The number of rotatable bonds is 6. The highest BCUT2D eigenvalue weighted by molar-refractivity contribution is 5.76. The van der Waals surface area contributed by atoms with Gasteiger partial charge in [0.25, 0.3) is 0 Å². The van der Waals surface area contributed by atoms with E-state index in [-0.39, 0.29) is 5.91 Å². The largest absolute Gasteiger partial charge is 0.388 e. The lowest BCUT2D eigenvalue weighted by Gasteiger charge is -2.25. The van der Waals surface area contributed by atoms with E-state index in [1.165, 1.54) is 0 Å². The van der Waals surface area contributed by atoms with E-state index in [4.69, 9.17) is 0 Å². The summed E-state index contributed by atoms with van der Waals surface area (Å²) in [6.45, 7) is 5.26. The number of amides is 1. The molecule has 1 rings (SSSR count). The molecule has 16 heavy (non-hydrogen) atoms. The van der Waals surface area contributed by atoms with Crippen molar-refractivity contribution in [2.45, 2.75) is 57.6 Å². The first kappa shape index (κ1) is 13.5. The molecule has 1 saturated heterocycles. The average molecular weight is 228 g/mol. The van der Waals surface area contributed by atoms with Crippen molar-refractivity contribution in [1.82, 2.24) is 10.6 Å². The fourth-order valence-electron chi connectivity index (χ4n) is 1.99. The minimum absolute atomic E-state index is 0.0414. The molecule has 1 heterocycles. The molecule has 0 bridgehead atoms. The Morgan fingerprint density at radius 3 is 2.69 bits per heavy atom. The van der Waals surface area contributed by atoms with Crippen molar-refractivity contribution >= 4 is 5.91 Å². The number of aliphatic hydroxyl groups is 1. The maximum atomic E-state index is 11.6. The molecular formula is C12H24N2O2. The molecule has 0 saturated carbocycles. The van der Waals surface area contributed by atoms with Crippen LogP contribution in [0.25, 0.3) is 0 Å². The van der Waals surface area contributed by atoms with Crippen molar-refractivity contribution in [3.63, 3.8) is 0 Å². The van der Waals surface area contributed by atoms with E-state index in [9.17, 15) is 9.90 Å². The van der Waals surface area contributed by atoms with Crippen LogP contribution >= 0.6 is 0 Å². The molecule has 1 amide bonds. The normalized spacial score (nSPS) is 21.1. The predicted molar refractivity (Wildman–Crippen MR) is 64.2 cm³/mol. The maximum absolute atomic E-state index is 11.6. The lowest BCUT2D eigenvalue weighted by atomic mass is 9.97. The Morgan fingerprint density at radius 1 is 1.50 bits per heavy atom. The van der Waals surface area contributed by atoms with Gasteiger partial charge in [0.1, 0.15) is 0 Å². The Morgan fingerprint density at radius 2 is 2.19 bits per heavy atom. The van der Waals surface area contributed by atoms with Gasteiger partial charge < -0.3 is 15.7 Å². The number of carbonyl (C=O) groups excluding carboxylic acids is 1. The molecule has 3 N–H and O–H groups in total. The fraction of sp³-hybridized carbons (Fsp3) is 0.917. The second-order valence-electron chi connectivity index (χ2n) is 4.71. The minimum Gasteiger partial charge on any atom is -0.388 e. The van der Waals surface area contributed by atoms with Crippen molar-refractivity contribution < 1.29 is 9.90 Å². The average Bonchev–Trinajstić information content (AvgIpc) is 2.79. The van der Waals surface area contributed by atoms with Crippen LogP contribution in [0.4, 0.5) is 0 Å². The van der Waals surface area contributed by atoms with E-state index in [2.05, 4.69) is 10.6 Å². The fourth-order valence-corrected chi connectivity index (χ4v) is 1.99. The van der Waals surface area contributed by atoms with Crippen molar-refractivity contribution in [1.29, 1.82) is 0 Å². The number of carbonyl (C=O) groups is 1. The Labute approximate surface area is 97.8 Å². The summed E-state index contributed by atoms with van der Waals surface area (Å²) in [5.74, 6) is 0.0414. The van der Waals surface area contributed by atoms with Crippen LogP contribution in [0, 0.1) is 0 Å². The molecule has 0 aliphatic carbocycles. The van der Waals surface area contributed by atoms with Gasteiger partial charge in [-0.1, -0.05) is 13.8 Å². The van der Waals surface area contributed by atoms with Crippen LogP contribution in [0.5, 0.6) is 0 Å². The summed E-state index contributed by atoms with van der Waals surface area (Å²) in [6.07, 6.45) is 4.12. The van der Waals surface area contributed by atoms with Gasteiger partial charge in [0, 0.05) is 19.0 Å². The monoisotopic (exact) mass is 228 g/mol. The van der Waals surface area contributed by atoms with Crippen LogP contribution in [-0.2, 0) is 4.79 Å². The maximum Gasteiger partial charge on any atom is 0.221 e. The van der Waals surface area contributed by atoms with Crippen molar-refractivity contribution in [3.8, 4) is 0 Å². The van der Waals surface area contributed by atoms with Crippen LogP contribution < -0.4 is 10.6 Å². The Hall–Kier alpha value is -0.610. The molecule has 94 valence electrons. The topological polar surface area (TPSA) is 61.4 Å². The molecule has 0 radical (unpaired) electrons. The molecule has 0 aromatic rings. The molecule has 1 aliphatic rings. The highest BCUT2D eigenvalue weighted by Crippen LogP contribution is 2.13. The smallest absolute Gasteiger partial charge is 0.221 e. The first-order chi connectivity index (χ1) is 7.59. The van der Waals surface area contributed by atoms with E-state index >= 15 is 0 Å². The zero-order chi connectivity index (χ0) is 12.0. The van der Waals surface area contributed by atoms with Crippen molar-refractivity contribution in [3.05, 3.63) is 0 Å². The number of hydrogen-bond donors (Lipinski definition) is 3. The SMILES string of the molecule is CCC(O)(CC)CNC(=O)CC1CCCN1. The van der Waals surface area contributed by atoms with Gasteiger partial charge >= 0.3 is 0 Å². The summed E-state index contributed by atoms with van der Waals surface area (Å²) in [5, 5.41) is 16.1. The van der Waals surface area contributed by atoms with E-state index < -0.39 is 5.60 Å². The third kappa shape index (κ3) is 4.10. The van der Waals surface area contributed by atoms with Gasteiger partial charge in [-0.3, -0.25) is 4.79 Å². The first-order valence-corrected chi connectivity index (χ1v) is 6.32. The van der Waals surface area contributed by atoms with E-state index in [1.807, 2.05) is 13.8 Å². The standard InChI is InChI=1S/C12H24N2O2/c1-3-12(16,4-2)9-14-11(15)8-10-6-5-7-13-10/h10,13,16H,3-9H2,1-2H3,(H,14,15). The van der Waals surface area contributed by atoms with E-state index in [1.54, 1.807) is 0 Å². The molecular weight excluding hydrogens is 204 g/mol. The Bertz CT molecular complexity index is 221. The summed E-state index contributed by atoms with van der Waals surface area (Å²) in [5.41, 5.74) is -0.737. The molecule has 0 aromatic heterocycles. The molecule has 1 atom stereocenters. The quantitative estimate of drug-likeness (QED) is 0.630. The highest BCUT2D eigenvalue weighted by Gasteiger charge is 2.24. The van der Waals surface area contributed by atoms with Gasteiger partial charge in [0.05, 0.1) is 5.60 Å². The summed E-state index contributed by atoms with van der Waals surface area (Å²) < 4.78 is 0. The van der Waals surface area contributed by atoms with Gasteiger partial charge in [0.15, 0.2) is 0 Å². The van der Waals surface area contributed by atoms with Crippen LogP contribution in [0.15, 0.2) is 0 Å². The molecule has 4 heteroatoms. The second-order valence-corrected chi connectivity index (χ2v) is 4.71. The lowest BCUT2D eigenvalue weighted by molar-refractivity contribution is -0.122. The van der Waals surface area contributed by atoms with Gasteiger partial charge in [-0.05, 0) is 32.2 Å². The molecule has 1 aliphatic heterocycles.